The molecule has 2 aromatic rings. The van der Waals surface area contributed by atoms with Crippen LogP contribution in [0.2, 0.25) is 0 Å². The van der Waals surface area contributed by atoms with Crippen molar-refractivity contribution in [3.05, 3.63) is 39.9 Å². The minimum Gasteiger partial charge on any atom is -0.379 e. The fourth-order valence-corrected chi connectivity index (χ4v) is 3.10. The summed E-state index contributed by atoms with van der Waals surface area (Å²) in [6, 6.07) is 6.64. The van der Waals surface area contributed by atoms with E-state index < -0.39 is 0 Å². The highest BCUT2D eigenvalue weighted by Crippen LogP contribution is 2.20. The predicted molar refractivity (Wildman–Crippen MR) is 74.2 cm³/mol. The molecule has 1 aliphatic rings. The lowest BCUT2D eigenvalue weighted by molar-refractivity contribution is 0.181. The monoisotopic (exact) mass is 278 g/mol. The normalized spacial score (nSPS) is 23.0. The minimum absolute atomic E-state index is 0.396. The molecule has 0 aliphatic carbocycles. The molecule has 0 spiro atoms. The summed E-state index contributed by atoms with van der Waals surface area (Å²) < 4.78 is 10.9. The second-order valence-corrected chi connectivity index (χ2v) is 6.04. The zero-order valence-electron chi connectivity index (χ0n) is 11.0. The molecular formula is C14H18N2O2S. The molecule has 1 saturated heterocycles. The van der Waals surface area contributed by atoms with Crippen LogP contribution in [-0.2, 0) is 17.7 Å². The maximum Gasteiger partial charge on any atom is 0.137 e. The third-order valence-electron chi connectivity index (χ3n) is 3.46. The van der Waals surface area contributed by atoms with Crippen molar-refractivity contribution in [1.29, 1.82) is 0 Å². The van der Waals surface area contributed by atoms with Gasteiger partial charge < -0.3 is 14.6 Å². The van der Waals surface area contributed by atoms with E-state index in [1.165, 1.54) is 4.88 Å². The molecular weight excluding hydrogens is 260 g/mol. The first-order chi connectivity index (χ1) is 9.31. The Morgan fingerprint density at radius 2 is 2.42 bits per heavy atom. The number of aromatic nitrogens is 1. The van der Waals surface area contributed by atoms with Gasteiger partial charge in [-0.05, 0) is 18.4 Å². The van der Waals surface area contributed by atoms with E-state index in [1.54, 1.807) is 11.3 Å². The first-order valence-corrected chi connectivity index (χ1v) is 7.45. The van der Waals surface area contributed by atoms with Crippen LogP contribution in [0.25, 0.3) is 0 Å². The summed E-state index contributed by atoms with van der Waals surface area (Å²) in [6.07, 6.45) is 0.892. The van der Waals surface area contributed by atoms with Gasteiger partial charge in [0.05, 0.1) is 18.9 Å². The van der Waals surface area contributed by atoms with Crippen LogP contribution in [0, 0.1) is 12.8 Å². The highest BCUT2D eigenvalue weighted by Gasteiger charge is 2.29. The Kier molecular flexibility index (Phi) is 3.96. The summed E-state index contributed by atoms with van der Waals surface area (Å²) in [5, 5.41) is 9.63. The molecule has 1 N–H and O–H groups in total. The fraction of sp³-hybridized carbons (Fsp3) is 0.500. The second kappa shape index (κ2) is 5.86. The van der Waals surface area contributed by atoms with Gasteiger partial charge in [-0.2, -0.15) is 0 Å². The van der Waals surface area contributed by atoms with Gasteiger partial charge in [-0.15, -0.1) is 11.3 Å². The molecule has 1 fully saturated rings. The lowest BCUT2D eigenvalue weighted by Gasteiger charge is -2.17. The molecule has 2 atom stereocenters. The van der Waals surface area contributed by atoms with Crippen molar-refractivity contribution in [3.63, 3.8) is 0 Å². The topological polar surface area (TPSA) is 47.3 Å². The number of ether oxygens (including phenoxy) is 1. The fourth-order valence-electron chi connectivity index (χ4n) is 2.44. The molecule has 2 aromatic heterocycles. The summed E-state index contributed by atoms with van der Waals surface area (Å²) in [7, 11) is 0. The van der Waals surface area contributed by atoms with Crippen LogP contribution in [0.15, 0.2) is 28.1 Å². The van der Waals surface area contributed by atoms with Crippen LogP contribution in [0.4, 0.5) is 0 Å². The summed E-state index contributed by atoms with van der Waals surface area (Å²) in [5.41, 5.74) is 0.942. The number of thiophene rings is 1. The largest absolute Gasteiger partial charge is 0.379 e. The first-order valence-electron chi connectivity index (χ1n) is 6.57. The van der Waals surface area contributed by atoms with Gasteiger partial charge in [-0.3, -0.25) is 0 Å². The number of nitrogens with one attached hydrogen (secondary N) is 1. The van der Waals surface area contributed by atoms with Gasteiger partial charge in [0.15, 0.2) is 0 Å². The van der Waals surface area contributed by atoms with E-state index in [0.717, 1.165) is 37.6 Å². The van der Waals surface area contributed by atoms with Crippen molar-refractivity contribution in [1.82, 2.24) is 10.5 Å². The van der Waals surface area contributed by atoms with Crippen LogP contribution in [0.1, 0.15) is 16.3 Å². The van der Waals surface area contributed by atoms with Crippen LogP contribution in [0.3, 0.4) is 0 Å². The van der Waals surface area contributed by atoms with E-state index in [9.17, 15) is 0 Å². The van der Waals surface area contributed by atoms with E-state index in [4.69, 9.17) is 9.26 Å². The van der Waals surface area contributed by atoms with E-state index >= 15 is 0 Å². The molecule has 0 amide bonds. The molecule has 1 aliphatic heterocycles. The highest BCUT2D eigenvalue weighted by atomic mass is 32.1. The van der Waals surface area contributed by atoms with Crippen molar-refractivity contribution in [2.45, 2.75) is 25.9 Å². The third-order valence-corrected chi connectivity index (χ3v) is 4.33. The standard InChI is InChI=1S/C14H18N2O2S/c1-10-5-12(18-16-10)6-11-8-17-9-14(11)15-7-13-3-2-4-19-13/h2-5,11,14-15H,6-9H2,1H3/t11-,14-/m1/s1. The Labute approximate surface area is 116 Å². The molecule has 5 heteroatoms. The van der Waals surface area contributed by atoms with Gasteiger partial charge in [-0.25, -0.2) is 0 Å². The van der Waals surface area contributed by atoms with E-state index in [-0.39, 0.29) is 0 Å². The Morgan fingerprint density at radius 1 is 1.47 bits per heavy atom. The molecule has 0 radical (unpaired) electrons. The molecule has 102 valence electrons. The highest BCUT2D eigenvalue weighted by molar-refractivity contribution is 7.09. The Morgan fingerprint density at radius 3 is 3.16 bits per heavy atom. The van der Waals surface area contributed by atoms with Gasteiger partial charge >= 0.3 is 0 Å². The molecule has 0 saturated carbocycles. The van der Waals surface area contributed by atoms with Gasteiger partial charge in [0.25, 0.3) is 0 Å². The summed E-state index contributed by atoms with van der Waals surface area (Å²) in [5.74, 6) is 1.42. The van der Waals surface area contributed by atoms with Crippen molar-refractivity contribution < 1.29 is 9.26 Å². The molecule has 3 heterocycles. The first kappa shape index (κ1) is 12.8. The van der Waals surface area contributed by atoms with Crippen molar-refractivity contribution in [3.8, 4) is 0 Å². The minimum atomic E-state index is 0.396. The smallest absolute Gasteiger partial charge is 0.137 e. The number of rotatable bonds is 5. The molecule has 3 rings (SSSR count). The van der Waals surface area contributed by atoms with Crippen LogP contribution in [0.5, 0.6) is 0 Å². The Bertz CT molecular complexity index is 509. The quantitative estimate of drug-likeness (QED) is 0.912. The van der Waals surface area contributed by atoms with Crippen LogP contribution in [-0.4, -0.2) is 24.4 Å². The van der Waals surface area contributed by atoms with Crippen molar-refractivity contribution in [2.75, 3.05) is 13.2 Å². The zero-order valence-corrected chi connectivity index (χ0v) is 11.8. The second-order valence-electron chi connectivity index (χ2n) is 5.00. The average molecular weight is 278 g/mol. The van der Waals surface area contributed by atoms with E-state index in [1.807, 2.05) is 13.0 Å². The summed E-state index contributed by atoms with van der Waals surface area (Å²) in [6.45, 7) is 4.44. The van der Waals surface area contributed by atoms with E-state index in [2.05, 4.69) is 28.0 Å². The molecule has 0 bridgehead atoms. The van der Waals surface area contributed by atoms with Crippen molar-refractivity contribution >= 4 is 11.3 Å². The SMILES string of the molecule is Cc1cc(C[C@@H]2COC[C@H]2NCc2cccs2)on1. The number of nitrogens with zero attached hydrogens (tertiary/aromatic N) is 1. The van der Waals surface area contributed by atoms with Crippen LogP contribution >= 0.6 is 11.3 Å². The van der Waals surface area contributed by atoms with Gasteiger partial charge in [0, 0.05) is 35.9 Å². The van der Waals surface area contributed by atoms with Crippen molar-refractivity contribution in [2.24, 2.45) is 5.92 Å². The molecule has 0 unspecified atom stereocenters. The average Bonchev–Trinajstić information content (AvgIpc) is 3.10. The summed E-state index contributed by atoms with van der Waals surface area (Å²) >= 11 is 1.78. The predicted octanol–water partition coefficient (Wildman–Crippen LogP) is 2.39. The number of hydrogen-bond donors (Lipinski definition) is 1. The zero-order chi connectivity index (χ0) is 13.1. The van der Waals surface area contributed by atoms with Crippen LogP contribution < -0.4 is 5.32 Å². The number of aryl methyl sites for hydroxylation is 1. The van der Waals surface area contributed by atoms with Gasteiger partial charge in [-0.1, -0.05) is 11.2 Å². The van der Waals surface area contributed by atoms with Gasteiger partial charge in [0.2, 0.25) is 0 Å². The van der Waals surface area contributed by atoms with Gasteiger partial charge in [0.1, 0.15) is 5.76 Å². The lowest BCUT2D eigenvalue weighted by atomic mass is 9.98. The molecule has 4 nitrogen and oxygen atoms in total. The Balaban J connectivity index is 1.55. The molecule has 19 heavy (non-hydrogen) atoms. The third kappa shape index (κ3) is 3.23. The maximum atomic E-state index is 5.60. The molecule has 0 aromatic carbocycles. The Hall–Kier alpha value is -1.17. The lowest BCUT2D eigenvalue weighted by Crippen LogP contribution is -2.35. The maximum absolute atomic E-state index is 5.60. The number of hydrogen-bond acceptors (Lipinski definition) is 5. The van der Waals surface area contributed by atoms with E-state index in [0.29, 0.717) is 12.0 Å². The summed E-state index contributed by atoms with van der Waals surface area (Å²) in [4.78, 5) is 1.36.